The Morgan fingerprint density at radius 2 is 1.87 bits per heavy atom. The fourth-order valence-electron chi connectivity index (χ4n) is 3.66. The van der Waals surface area contributed by atoms with Gasteiger partial charge in [-0.15, -0.1) is 0 Å². The third-order valence-corrected chi connectivity index (χ3v) is 5.57. The average molecular weight is 459 g/mol. The average Bonchev–Trinajstić information content (AvgIpc) is 3.01. The van der Waals surface area contributed by atoms with Gasteiger partial charge in [-0.25, -0.2) is 9.78 Å². The van der Waals surface area contributed by atoms with Gasteiger partial charge in [-0.05, 0) is 25.5 Å². The molecule has 7 nitrogen and oxygen atoms in total. The van der Waals surface area contributed by atoms with Gasteiger partial charge in [-0.2, -0.15) is 13.2 Å². The summed E-state index contributed by atoms with van der Waals surface area (Å²) < 4.78 is 43.1. The first-order valence-electron chi connectivity index (χ1n) is 9.53. The molecule has 0 aliphatic carbocycles. The van der Waals surface area contributed by atoms with Crippen molar-refractivity contribution < 1.29 is 27.5 Å². The molecular formula is C20H22ClF3N4O3. The third kappa shape index (κ3) is 4.85. The molecule has 1 saturated heterocycles. The van der Waals surface area contributed by atoms with Crippen LogP contribution in [0.15, 0.2) is 12.3 Å². The van der Waals surface area contributed by atoms with E-state index in [0.29, 0.717) is 54.5 Å². The summed E-state index contributed by atoms with van der Waals surface area (Å²) in [4.78, 5) is 35.3. The summed E-state index contributed by atoms with van der Waals surface area (Å²) in [6, 6.07) is 0.870. The van der Waals surface area contributed by atoms with Crippen LogP contribution in [0.4, 0.5) is 19.0 Å². The molecule has 0 unspecified atom stereocenters. The Labute approximate surface area is 182 Å². The highest BCUT2D eigenvalue weighted by Gasteiger charge is 2.32. The second-order valence-corrected chi connectivity index (χ2v) is 7.74. The third-order valence-electron chi connectivity index (χ3n) is 5.29. The Morgan fingerprint density at radius 3 is 2.42 bits per heavy atom. The number of esters is 1. The monoisotopic (exact) mass is 458 g/mol. The molecule has 1 fully saturated rings. The van der Waals surface area contributed by atoms with Crippen LogP contribution in [0.1, 0.15) is 37.7 Å². The topological polar surface area (TPSA) is 78.5 Å². The molecule has 0 amide bonds. The minimum atomic E-state index is -4.50. The standard InChI is InChI=1S/C20H22ClF3N4O3/c1-11-16(19(30)31-3)12(2)26-17(11)15(29)10-27-4-6-28(7-5-27)18-14(21)8-13(9-25-18)20(22,23)24/h8-9,26H,4-7,10H2,1-3H3. The molecule has 168 valence electrons. The molecule has 0 aromatic carbocycles. The van der Waals surface area contributed by atoms with Crippen LogP contribution < -0.4 is 4.90 Å². The van der Waals surface area contributed by atoms with Crippen molar-refractivity contribution in [2.24, 2.45) is 0 Å². The van der Waals surface area contributed by atoms with Gasteiger partial charge in [-0.3, -0.25) is 9.69 Å². The summed E-state index contributed by atoms with van der Waals surface area (Å²) in [5.74, 6) is -0.367. The lowest BCUT2D eigenvalue weighted by Gasteiger charge is -2.35. The lowest BCUT2D eigenvalue weighted by Crippen LogP contribution is -2.48. The normalized spacial score (nSPS) is 15.3. The number of halogens is 4. The van der Waals surface area contributed by atoms with Crippen molar-refractivity contribution in [3.05, 3.63) is 45.4 Å². The highest BCUT2D eigenvalue weighted by molar-refractivity contribution is 6.33. The van der Waals surface area contributed by atoms with Crippen LogP contribution in [-0.4, -0.2) is 66.5 Å². The SMILES string of the molecule is COC(=O)c1c(C)[nH]c(C(=O)CN2CCN(c3ncc(C(F)(F)F)cc3Cl)CC2)c1C. The van der Waals surface area contributed by atoms with Crippen LogP contribution >= 0.6 is 11.6 Å². The first-order valence-corrected chi connectivity index (χ1v) is 9.91. The van der Waals surface area contributed by atoms with Gasteiger partial charge in [0.1, 0.15) is 5.82 Å². The maximum absolute atomic E-state index is 12.8. The number of nitrogens with one attached hydrogen (secondary N) is 1. The van der Waals surface area contributed by atoms with Crippen LogP contribution in [0.25, 0.3) is 0 Å². The minimum absolute atomic E-state index is 0.0628. The number of hydrogen-bond acceptors (Lipinski definition) is 6. The molecule has 0 radical (unpaired) electrons. The Hall–Kier alpha value is -2.59. The van der Waals surface area contributed by atoms with Crippen molar-refractivity contribution in [2.75, 3.05) is 44.7 Å². The highest BCUT2D eigenvalue weighted by Crippen LogP contribution is 2.33. The highest BCUT2D eigenvalue weighted by atomic mass is 35.5. The number of piperazine rings is 1. The predicted molar refractivity (Wildman–Crippen MR) is 109 cm³/mol. The number of pyridine rings is 1. The summed E-state index contributed by atoms with van der Waals surface area (Å²) in [5, 5.41) is -0.0628. The zero-order valence-electron chi connectivity index (χ0n) is 17.3. The molecule has 2 aromatic rings. The van der Waals surface area contributed by atoms with Crippen molar-refractivity contribution in [1.29, 1.82) is 0 Å². The lowest BCUT2D eigenvalue weighted by molar-refractivity contribution is -0.137. The zero-order valence-corrected chi connectivity index (χ0v) is 18.0. The molecule has 1 aliphatic rings. The van der Waals surface area contributed by atoms with E-state index in [9.17, 15) is 22.8 Å². The van der Waals surface area contributed by atoms with Crippen LogP contribution in [-0.2, 0) is 10.9 Å². The largest absolute Gasteiger partial charge is 0.465 e. The number of aromatic amines is 1. The molecule has 1 aliphatic heterocycles. The summed E-state index contributed by atoms with van der Waals surface area (Å²) in [6.45, 7) is 5.47. The first-order chi connectivity index (χ1) is 14.5. The van der Waals surface area contributed by atoms with Gasteiger partial charge in [0, 0.05) is 38.1 Å². The predicted octanol–water partition coefficient (Wildman–Crippen LogP) is 3.49. The number of anilines is 1. The van der Waals surface area contributed by atoms with E-state index >= 15 is 0 Å². The number of H-pyrrole nitrogens is 1. The van der Waals surface area contributed by atoms with Gasteiger partial charge in [0.05, 0.1) is 35.5 Å². The number of alkyl halides is 3. The smallest absolute Gasteiger partial charge is 0.417 e. The van der Waals surface area contributed by atoms with Crippen LogP contribution in [0.3, 0.4) is 0 Å². The van der Waals surface area contributed by atoms with Gasteiger partial charge in [-0.1, -0.05) is 11.6 Å². The number of ketones is 1. The van der Waals surface area contributed by atoms with E-state index in [4.69, 9.17) is 16.3 Å². The number of carbonyl (C=O) groups excluding carboxylic acids is 2. The zero-order chi connectivity index (χ0) is 22.9. The van der Waals surface area contributed by atoms with E-state index in [1.807, 2.05) is 4.90 Å². The number of aryl methyl sites for hydroxylation is 1. The van der Waals surface area contributed by atoms with E-state index in [1.165, 1.54) is 7.11 Å². The molecule has 31 heavy (non-hydrogen) atoms. The molecule has 3 rings (SSSR count). The number of hydrogen-bond donors (Lipinski definition) is 1. The molecular weight excluding hydrogens is 437 g/mol. The summed E-state index contributed by atoms with van der Waals surface area (Å²) in [6.07, 6.45) is -3.73. The van der Waals surface area contributed by atoms with E-state index in [-0.39, 0.29) is 17.4 Å². The maximum Gasteiger partial charge on any atom is 0.417 e. The van der Waals surface area contributed by atoms with Crippen LogP contribution in [0.2, 0.25) is 5.02 Å². The van der Waals surface area contributed by atoms with Crippen molar-refractivity contribution in [3.63, 3.8) is 0 Å². The van der Waals surface area contributed by atoms with E-state index in [2.05, 4.69) is 9.97 Å². The van der Waals surface area contributed by atoms with Gasteiger partial charge >= 0.3 is 12.1 Å². The number of carbonyl (C=O) groups is 2. The molecule has 0 bridgehead atoms. The van der Waals surface area contributed by atoms with Crippen molar-refractivity contribution in [2.45, 2.75) is 20.0 Å². The number of ether oxygens (including phenoxy) is 1. The van der Waals surface area contributed by atoms with Gasteiger partial charge in [0.2, 0.25) is 0 Å². The van der Waals surface area contributed by atoms with Crippen molar-refractivity contribution >= 4 is 29.2 Å². The Balaban J connectivity index is 1.63. The molecule has 0 spiro atoms. The molecule has 3 heterocycles. The Kier molecular flexibility index (Phi) is 6.61. The number of nitrogens with zero attached hydrogens (tertiary/aromatic N) is 3. The van der Waals surface area contributed by atoms with Gasteiger partial charge < -0.3 is 14.6 Å². The second-order valence-electron chi connectivity index (χ2n) is 7.33. The molecule has 0 atom stereocenters. The van der Waals surface area contributed by atoms with E-state index in [0.717, 1.165) is 12.3 Å². The van der Waals surface area contributed by atoms with Crippen molar-refractivity contribution in [3.8, 4) is 0 Å². The molecule has 11 heteroatoms. The summed E-state index contributed by atoms with van der Waals surface area (Å²) >= 11 is 6.03. The van der Waals surface area contributed by atoms with E-state index in [1.54, 1.807) is 18.7 Å². The lowest BCUT2D eigenvalue weighted by atomic mass is 10.1. The number of methoxy groups -OCH3 is 1. The number of aromatic nitrogens is 2. The van der Waals surface area contributed by atoms with Crippen LogP contribution in [0, 0.1) is 13.8 Å². The van der Waals surface area contributed by atoms with Crippen molar-refractivity contribution in [1.82, 2.24) is 14.9 Å². The quantitative estimate of drug-likeness (QED) is 0.546. The Bertz CT molecular complexity index is 998. The van der Waals surface area contributed by atoms with Gasteiger partial charge in [0.15, 0.2) is 5.78 Å². The Morgan fingerprint density at radius 1 is 1.23 bits per heavy atom. The summed E-state index contributed by atoms with van der Waals surface area (Å²) in [5.41, 5.74) is 0.953. The molecule has 0 saturated carbocycles. The minimum Gasteiger partial charge on any atom is -0.465 e. The van der Waals surface area contributed by atoms with E-state index < -0.39 is 17.7 Å². The summed E-state index contributed by atoms with van der Waals surface area (Å²) in [7, 11) is 1.28. The number of rotatable bonds is 5. The first kappa shape index (κ1) is 23.1. The van der Waals surface area contributed by atoms with Gasteiger partial charge in [0.25, 0.3) is 0 Å². The fraction of sp³-hybridized carbons (Fsp3) is 0.450. The maximum atomic E-state index is 12.8. The molecule has 2 aromatic heterocycles. The fourth-order valence-corrected chi connectivity index (χ4v) is 3.94. The molecule has 1 N–H and O–H groups in total. The van der Waals surface area contributed by atoms with Crippen LogP contribution in [0.5, 0.6) is 0 Å². The number of Topliss-reactive ketones (excluding diaryl/α,β-unsaturated/α-hetero) is 1. The second kappa shape index (κ2) is 8.88.